The molecule has 1 N–H and O–H groups in total. The second kappa shape index (κ2) is 5.19. The maximum absolute atomic E-state index is 13.1. The molecule has 4 atom stereocenters. The minimum Gasteiger partial charge on any atom is -0.393 e. The Balaban J connectivity index is 1.83. The van der Waals surface area contributed by atoms with E-state index in [4.69, 9.17) is 4.74 Å². The van der Waals surface area contributed by atoms with Gasteiger partial charge in [0.2, 0.25) is 5.92 Å². The van der Waals surface area contributed by atoms with Gasteiger partial charge in [-0.2, -0.15) is 0 Å². The molecule has 4 unspecified atom stereocenters. The van der Waals surface area contributed by atoms with Gasteiger partial charge in [-0.15, -0.1) is 0 Å². The van der Waals surface area contributed by atoms with Gasteiger partial charge in [-0.3, -0.25) is 0 Å². The number of hydrogen-bond donors (Lipinski definition) is 1. The number of ether oxygens (including phenoxy) is 1. The Bertz CT molecular complexity index is 258. The third-order valence-corrected chi connectivity index (χ3v) is 4.24. The molecule has 100 valence electrons. The van der Waals surface area contributed by atoms with E-state index in [1.807, 2.05) is 6.92 Å². The summed E-state index contributed by atoms with van der Waals surface area (Å²) >= 11 is 0. The predicted octanol–water partition coefficient (Wildman–Crippen LogP) is 2.99. The lowest BCUT2D eigenvalue weighted by molar-refractivity contribution is -0.00398. The number of hydrogen-bond acceptors (Lipinski definition) is 2. The molecule has 2 aliphatic rings. The molecule has 2 fully saturated rings. The number of aliphatic hydroxyl groups is 1. The zero-order chi connectivity index (χ0) is 12.5. The monoisotopic (exact) mass is 248 g/mol. The molecule has 0 aromatic rings. The highest BCUT2D eigenvalue weighted by Gasteiger charge is 2.41. The lowest BCUT2D eigenvalue weighted by atomic mass is 9.87. The molecule has 0 bridgehead atoms. The molecule has 0 radical (unpaired) electrons. The zero-order valence-corrected chi connectivity index (χ0v) is 10.4. The van der Waals surface area contributed by atoms with Crippen molar-refractivity contribution in [1.82, 2.24) is 0 Å². The fourth-order valence-electron chi connectivity index (χ4n) is 3.29. The second-order valence-electron chi connectivity index (χ2n) is 5.54. The number of aliphatic hydroxyl groups excluding tert-OH is 1. The summed E-state index contributed by atoms with van der Waals surface area (Å²) < 4.78 is 31.7. The van der Waals surface area contributed by atoms with Crippen LogP contribution in [0.25, 0.3) is 0 Å². The average Bonchev–Trinajstić information content (AvgIpc) is 2.84. The smallest absolute Gasteiger partial charge is 0.248 e. The molecule has 0 amide bonds. The summed E-state index contributed by atoms with van der Waals surface area (Å²) in [6.45, 7) is 2.74. The first-order valence-corrected chi connectivity index (χ1v) is 6.69. The highest BCUT2D eigenvalue weighted by Crippen LogP contribution is 2.42. The van der Waals surface area contributed by atoms with Crippen LogP contribution >= 0.6 is 0 Å². The van der Waals surface area contributed by atoms with E-state index in [1.54, 1.807) is 0 Å². The number of halogens is 2. The summed E-state index contributed by atoms with van der Waals surface area (Å²) in [5.74, 6) is -2.37. The van der Waals surface area contributed by atoms with E-state index in [-0.39, 0.29) is 30.8 Å². The van der Waals surface area contributed by atoms with Gasteiger partial charge in [0.15, 0.2) is 0 Å². The van der Waals surface area contributed by atoms with Crippen molar-refractivity contribution in [3.8, 4) is 0 Å². The maximum Gasteiger partial charge on any atom is 0.248 e. The first kappa shape index (κ1) is 13.2. The number of rotatable bonds is 4. The molecule has 2 rings (SSSR count). The molecule has 2 nitrogen and oxygen atoms in total. The molecule has 17 heavy (non-hydrogen) atoms. The lowest BCUT2D eigenvalue weighted by Crippen LogP contribution is -2.29. The van der Waals surface area contributed by atoms with Crippen LogP contribution in [0.2, 0.25) is 0 Å². The van der Waals surface area contributed by atoms with Gasteiger partial charge in [0, 0.05) is 25.4 Å². The minimum atomic E-state index is -2.50. The Morgan fingerprint density at radius 3 is 2.76 bits per heavy atom. The maximum atomic E-state index is 13.1. The Morgan fingerprint density at radius 1 is 1.41 bits per heavy atom. The average molecular weight is 248 g/mol. The van der Waals surface area contributed by atoms with Gasteiger partial charge in [0.05, 0.1) is 12.2 Å². The van der Waals surface area contributed by atoms with E-state index in [0.29, 0.717) is 19.4 Å². The molecular weight excluding hydrogens is 226 g/mol. The molecule has 4 heteroatoms. The Labute approximate surface area is 101 Å². The molecule has 1 saturated heterocycles. The standard InChI is InChI=1S/C13H22F2O2/c1-2-12-10(4-6-17-12)11(16)7-9-3-5-13(14,15)8-9/h9-12,16H,2-8H2,1H3. The Hall–Kier alpha value is -0.220. The van der Waals surface area contributed by atoms with Crippen LogP contribution < -0.4 is 0 Å². The summed E-state index contributed by atoms with van der Waals surface area (Å²) in [6.07, 6.45) is 2.41. The van der Waals surface area contributed by atoms with Crippen molar-refractivity contribution >= 4 is 0 Å². The van der Waals surface area contributed by atoms with Crippen molar-refractivity contribution in [2.45, 2.75) is 63.6 Å². The van der Waals surface area contributed by atoms with Gasteiger partial charge in [-0.1, -0.05) is 6.92 Å². The fraction of sp³-hybridized carbons (Fsp3) is 1.00. The van der Waals surface area contributed by atoms with Crippen molar-refractivity contribution < 1.29 is 18.6 Å². The van der Waals surface area contributed by atoms with Crippen molar-refractivity contribution in [2.24, 2.45) is 11.8 Å². The summed E-state index contributed by atoms with van der Waals surface area (Å²) in [4.78, 5) is 0. The molecule has 0 aromatic carbocycles. The van der Waals surface area contributed by atoms with Gasteiger partial charge in [-0.25, -0.2) is 8.78 Å². The van der Waals surface area contributed by atoms with E-state index >= 15 is 0 Å². The van der Waals surface area contributed by atoms with E-state index in [0.717, 1.165) is 12.8 Å². The zero-order valence-electron chi connectivity index (χ0n) is 10.4. The summed E-state index contributed by atoms with van der Waals surface area (Å²) in [5, 5.41) is 10.2. The molecule has 1 saturated carbocycles. The van der Waals surface area contributed by atoms with Gasteiger partial charge >= 0.3 is 0 Å². The van der Waals surface area contributed by atoms with E-state index < -0.39 is 12.0 Å². The lowest BCUT2D eigenvalue weighted by Gasteiger charge is -2.25. The molecular formula is C13H22F2O2. The van der Waals surface area contributed by atoms with Crippen LogP contribution in [-0.2, 0) is 4.74 Å². The molecule has 0 spiro atoms. The van der Waals surface area contributed by atoms with Gasteiger partial charge in [0.25, 0.3) is 0 Å². The first-order chi connectivity index (χ1) is 8.02. The highest BCUT2D eigenvalue weighted by atomic mass is 19.3. The van der Waals surface area contributed by atoms with Crippen LogP contribution in [-0.4, -0.2) is 29.8 Å². The van der Waals surface area contributed by atoms with E-state index in [1.165, 1.54) is 0 Å². The highest BCUT2D eigenvalue weighted by molar-refractivity contribution is 4.87. The molecule has 1 aliphatic heterocycles. The van der Waals surface area contributed by atoms with Crippen LogP contribution in [0.3, 0.4) is 0 Å². The molecule has 1 heterocycles. The fourth-order valence-corrected chi connectivity index (χ4v) is 3.29. The van der Waals surface area contributed by atoms with Gasteiger partial charge in [0.1, 0.15) is 0 Å². The van der Waals surface area contributed by atoms with Crippen LogP contribution in [0.1, 0.15) is 45.4 Å². The Kier molecular flexibility index (Phi) is 4.03. The van der Waals surface area contributed by atoms with Crippen LogP contribution in [0.15, 0.2) is 0 Å². The van der Waals surface area contributed by atoms with Gasteiger partial charge < -0.3 is 9.84 Å². The van der Waals surface area contributed by atoms with Gasteiger partial charge in [-0.05, 0) is 31.6 Å². The topological polar surface area (TPSA) is 29.5 Å². The quantitative estimate of drug-likeness (QED) is 0.828. The van der Waals surface area contributed by atoms with Crippen LogP contribution in [0, 0.1) is 11.8 Å². The van der Waals surface area contributed by atoms with Crippen molar-refractivity contribution in [3.05, 3.63) is 0 Å². The number of alkyl halides is 2. The third-order valence-electron chi connectivity index (χ3n) is 4.24. The third kappa shape index (κ3) is 3.16. The molecule has 1 aliphatic carbocycles. The van der Waals surface area contributed by atoms with E-state index in [2.05, 4.69) is 0 Å². The minimum absolute atomic E-state index is 0.0112. The van der Waals surface area contributed by atoms with Crippen LogP contribution in [0.5, 0.6) is 0 Å². The SMILES string of the molecule is CCC1OCCC1C(O)CC1CCC(F)(F)C1. The summed E-state index contributed by atoms with van der Waals surface area (Å²) in [7, 11) is 0. The summed E-state index contributed by atoms with van der Waals surface area (Å²) in [6, 6.07) is 0. The second-order valence-corrected chi connectivity index (χ2v) is 5.54. The van der Waals surface area contributed by atoms with Crippen molar-refractivity contribution in [2.75, 3.05) is 6.61 Å². The van der Waals surface area contributed by atoms with E-state index in [9.17, 15) is 13.9 Å². The van der Waals surface area contributed by atoms with Crippen LogP contribution in [0.4, 0.5) is 8.78 Å². The van der Waals surface area contributed by atoms with Crippen molar-refractivity contribution in [3.63, 3.8) is 0 Å². The first-order valence-electron chi connectivity index (χ1n) is 6.69. The Morgan fingerprint density at radius 2 is 2.18 bits per heavy atom. The normalized spacial score (nSPS) is 38.5. The largest absolute Gasteiger partial charge is 0.393 e. The predicted molar refractivity (Wildman–Crippen MR) is 61.0 cm³/mol. The van der Waals surface area contributed by atoms with Crippen molar-refractivity contribution in [1.29, 1.82) is 0 Å². The molecule has 0 aromatic heterocycles. The summed E-state index contributed by atoms with van der Waals surface area (Å²) in [5.41, 5.74) is 0.